The average molecular weight is 247 g/mol. The van der Waals surface area contributed by atoms with Gasteiger partial charge in [0.15, 0.2) is 0 Å². The van der Waals surface area contributed by atoms with E-state index in [-0.39, 0.29) is 5.92 Å². The lowest BCUT2D eigenvalue weighted by Crippen LogP contribution is -2.17. The minimum atomic E-state index is -0.469. The Balaban J connectivity index is 2.18. The third-order valence-electron chi connectivity index (χ3n) is 2.84. The number of hydrogen-bond donors (Lipinski definition) is 1. The van der Waals surface area contributed by atoms with Gasteiger partial charge in [-0.1, -0.05) is 25.1 Å². The maximum atomic E-state index is 9.77. The van der Waals surface area contributed by atoms with Crippen LogP contribution in [0, 0.1) is 12.8 Å². The van der Waals surface area contributed by atoms with Crippen molar-refractivity contribution >= 4 is 0 Å². The minimum Gasteiger partial charge on any atom is -0.392 e. The van der Waals surface area contributed by atoms with E-state index in [0.717, 1.165) is 5.56 Å². The van der Waals surface area contributed by atoms with Crippen molar-refractivity contribution in [3.05, 3.63) is 29.8 Å². The van der Waals surface area contributed by atoms with Gasteiger partial charge in [-0.15, -0.1) is 0 Å². The van der Waals surface area contributed by atoms with Crippen LogP contribution in [-0.4, -0.2) is 26.3 Å². The van der Waals surface area contributed by atoms with Crippen LogP contribution < -0.4 is 0 Å². The van der Waals surface area contributed by atoms with Crippen molar-refractivity contribution in [2.24, 2.45) is 5.92 Å². The Morgan fingerprint density at radius 2 is 2.17 bits per heavy atom. The molecule has 1 N–H and O–H groups in total. The van der Waals surface area contributed by atoms with Gasteiger partial charge in [0.1, 0.15) is 5.69 Å². The Hall–Kier alpha value is -1.75. The molecule has 2 aromatic rings. The van der Waals surface area contributed by atoms with Gasteiger partial charge in [0.05, 0.1) is 12.5 Å². The molecule has 96 valence electrons. The van der Waals surface area contributed by atoms with Crippen molar-refractivity contribution in [1.82, 2.24) is 15.1 Å². The third-order valence-corrected chi connectivity index (χ3v) is 2.84. The fourth-order valence-corrected chi connectivity index (χ4v) is 1.57. The standard InChI is InChI=1S/C13H17N3O2/c1-8(2)10(17)7-11-15-13(16-18-11)12-9(3)5-4-6-14-12/h4-6,8,10,17H,7H2,1-3H3. The molecule has 0 aliphatic heterocycles. The predicted octanol–water partition coefficient (Wildman–Crippen LogP) is 2.00. The molecule has 2 heterocycles. The molecule has 5 nitrogen and oxygen atoms in total. The van der Waals surface area contributed by atoms with Crippen LogP contribution >= 0.6 is 0 Å². The zero-order valence-corrected chi connectivity index (χ0v) is 10.8. The fourth-order valence-electron chi connectivity index (χ4n) is 1.57. The van der Waals surface area contributed by atoms with Crippen LogP contribution in [0.2, 0.25) is 0 Å². The Bertz CT molecular complexity index is 522. The molecule has 0 bridgehead atoms. The van der Waals surface area contributed by atoms with Crippen molar-refractivity contribution < 1.29 is 9.63 Å². The average Bonchev–Trinajstić information content (AvgIpc) is 2.77. The topological polar surface area (TPSA) is 72.0 Å². The largest absolute Gasteiger partial charge is 0.392 e. The van der Waals surface area contributed by atoms with E-state index in [2.05, 4.69) is 15.1 Å². The summed E-state index contributed by atoms with van der Waals surface area (Å²) in [4.78, 5) is 8.49. The Morgan fingerprint density at radius 3 is 2.83 bits per heavy atom. The smallest absolute Gasteiger partial charge is 0.229 e. The molecule has 18 heavy (non-hydrogen) atoms. The number of hydrogen-bond acceptors (Lipinski definition) is 5. The van der Waals surface area contributed by atoms with Gasteiger partial charge < -0.3 is 9.63 Å². The van der Waals surface area contributed by atoms with Crippen LogP contribution in [-0.2, 0) is 6.42 Å². The molecule has 0 amide bonds. The molecule has 0 radical (unpaired) electrons. The van der Waals surface area contributed by atoms with Crippen LogP contribution in [0.15, 0.2) is 22.9 Å². The van der Waals surface area contributed by atoms with Crippen molar-refractivity contribution in [2.75, 3.05) is 0 Å². The van der Waals surface area contributed by atoms with Crippen LogP contribution in [0.5, 0.6) is 0 Å². The molecule has 0 aromatic carbocycles. The first-order valence-electron chi connectivity index (χ1n) is 6.00. The quantitative estimate of drug-likeness (QED) is 0.894. The van der Waals surface area contributed by atoms with E-state index < -0.39 is 6.10 Å². The zero-order valence-electron chi connectivity index (χ0n) is 10.8. The highest BCUT2D eigenvalue weighted by Gasteiger charge is 2.16. The maximum absolute atomic E-state index is 9.77. The highest BCUT2D eigenvalue weighted by Crippen LogP contribution is 2.18. The van der Waals surface area contributed by atoms with Crippen LogP contribution in [0.3, 0.4) is 0 Å². The summed E-state index contributed by atoms with van der Waals surface area (Å²) in [6.45, 7) is 5.84. The van der Waals surface area contributed by atoms with Gasteiger partial charge in [-0.25, -0.2) is 0 Å². The van der Waals surface area contributed by atoms with E-state index in [1.807, 2.05) is 32.9 Å². The summed E-state index contributed by atoms with van der Waals surface area (Å²) in [5.41, 5.74) is 1.71. The molecule has 0 fully saturated rings. The maximum Gasteiger partial charge on any atom is 0.229 e. The number of nitrogens with zero attached hydrogens (tertiary/aromatic N) is 3. The van der Waals surface area contributed by atoms with E-state index in [0.29, 0.717) is 23.8 Å². The molecule has 0 saturated carbocycles. The monoisotopic (exact) mass is 247 g/mol. The number of aliphatic hydroxyl groups is 1. The van der Waals surface area contributed by atoms with E-state index in [1.54, 1.807) is 6.20 Å². The van der Waals surface area contributed by atoms with Crippen LogP contribution in [0.25, 0.3) is 11.5 Å². The Kier molecular flexibility index (Phi) is 3.72. The van der Waals surface area contributed by atoms with Gasteiger partial charge in [0, 0.05) is 6.20 Å². The van der Waals surface area contributed by atoms with Crippen LogP contribution in [0.4, 0.5) is 0 Å². The molecule has 1 atom stereocenters. The fraction of sp³-hybridized carbons (Fsp3) is 0.462. The first kappa shape index (κ1) is 12.7. The van der Waals surface area contributed by atoms with Gasteiger partial charge in [0.25, 0.3) is 0 Å². The van der Waals surface area contributed by atoms with Gasteiger partial charge in [0.2, 0.25) is 11.7 Å². The summed E-state index contributed by atoms with van der Waals surface area (Å²) in [5.74, 6) is 1.08. The summed E-state index contributed by atoms with van der Waals surface area (Å²) in [5, 5.41) is 13.7. The first-order valence-corrected chi connectivity index (χ1v) is 6.00. The summed E-state index contributed by atoms with van der Waals surface area (Å²) in [6.07, 6.45) is 1.60. The number of aromatic nitrogens is 3. The summed E-state index contributed by atoms with van der Waals surface area (Å²) >= 11 is 0. The van der Waals surface area contributed by atoms with Gasteiger partial charge >= 0.3 is 0 Å². The number of rotatable bonds is 4. The van der Waals surface area contributed by atoms with E-state index in [4.69, 9.17) is 4.52 Å². The highest BCUT2D eigenvalue weighted by molar-refractivity contribution is 5.53. The molecular weight excluding hydrogens is 230 g/mol. The lowest BCUT2D eigenvalue weighted by atomic mass is 10.0. The summed E-state index contributed by atoms with van der Waals surface area (Å²) < 4.78 is 5.13. The second-order valence-electron chi connectivity index (χ2n) is 4.70. The van der Waals surface area contributed by atoms with Gasteiger partial charge in [-0.3, -0.25) is 4.98 Å². The summed E-state index contributed by atoms with van der Waals surface area (Å²) in [6, 6.07) is 3.81. The SMILES string of the molecule is Cc1cccnc1-c1noc(CC(O)C(C)C)n1. The minimum absolute atomic E-state index is 0.164. The van der Waals surface area contributed by atoms with Crippen molar-refractivity contribution in [3.8, 4) is 11.5 Å². The van der Waals surface area contributed by atoms with Crippen molar-refractivity contribution in [3.63, 3.8) is 0 Å². The molecule has 0 saturated heterocycles. The van der Waals surface area contributed by atoms with Crippen molar-refractivity contribution in [2.45, 2.75) is 33.3 Å². The van der Waals surface area contributed by atoms with Crippen LogP contribution in [0.1, 0.15) is 25.3 Å². The van der Waals surface area contributed by atoms with Crippen molar-refractivity contribution in [1.29, 1.82) is 0 Å². The summed E-state index contributed by atoms with van der Waals surface area (Å²) in [7, 11) is 0. The molecule has 0 aliphatic rings. The molecule has 1 unspecified atom stereocenters. The Labute approximate surface area is 106 Å². The second-order valence-corrected chi connectivity index (χ2v) is 4.70. The molecular formula is C13H17N3O2. The second kappa shape index (κ2) is 5.27. The number of aryl methyl sites for hydroxylation is 1. The van der Waals surface area contributed by atoms with Gasteiger partial charge in [-0.2, -0.15) is 4.98 Å². The normalized spacial score (nSPS) is 12.9. The molecule has 0 aliphatic carbocycles. The third kappa shape index (κ3) is 2.73. The Morgan fingerprint density at radius 1 is 1.39 bits per heavy atom. The molecule has 0 spiro atoms. The van der Waals surface area contributed by atoms with E-state index >= 15 is 0 Å². The highest BCUT2D eigenvalue weighted by atomic mass is 16.5. The first-order chi connectivity index (χ1) is 8.58. The lowest BCUT2D eigenvalue weighted by Gasteiger charge is -2.10. The molecule has 5 heteroatoms. The molecule has 2 aromatic heterocycles. The molecule has 2 rings (SSSR count). The van der Waals surface area contributed by atoms with Gasteiger partial charge in [-0.05, 0) is 24.5 Å². The zero-order chi connectivity index (χ0) is 13.1. The number of pyridine rings is 1. The lowest BCUT2D eigenvalue weighted by molar-refractivity contribution is 0.116. The van der Waals surface area contributed by atoms with E-state index in [9.17, 15) is 5.11 Å². The predicted molar refractivity (Wildman–Crippen MR) is 66.8 cm³/mol. The number of aliphatic hydroxyl groups excluding tert-OH is 1. The van der Waals surface area contributed by atoms with E-state index in [1.165, 1.54) is 0 Å².